The Hall–Kier alpha value is -3.50. The number of carbonyl (C=O) groups is 1. The van der Waals surface area contributed by atoms with Crippen molar-refractivity contribution in [3.63, 3.8) is 0 Å². The van der Waals surface area contributed by atoms with Gasteiger partial charge in [0.25, 0.3) is 5.91 Å². The topological polar surface area (TPSA) is 61.4 Å². The van der Waals surface area contributed by atoms with Crippen LogP contribution < -0.4 is 10.2 Å². The number of fused-ring (bicyclic) bond motifs is 1. The van der Waals surface area contributed by atoms with Crippen molar-refractivity contribution in [1.29, 1.82) is 0 Å². The Bertz CT molecular complexity index is 1510. The summed E-state index contributed by atoms with van der Waals surface area (Å²) in [6.45, 7) is 4.11. The molecule has 0 atom stereocenters. The van der Waals surface area contributed by atoms with Gasteiger partial charge in [-0.2, -0.15) is 13.2 Å². The molecule has 1 amide bonds. The monoisotopic (exact) mass is 565 g/mol. The molecule has 4 aromatic rings. The second-order valence-electron chi connectivity index (χ2n) is 10.5. The van der Waals surface area contributed by atoms with Gasteiger partial charge in [-0.05, 0) is 69.1 Å². The Morgan fingerprint density at radius 2 is 1.75 bits per heavy atom. The van der Waals surface area contributed by atoms with Gasteiger partial charge in [-0.3, -0.25) is 14.7 Å². The highest BCUT2D eigenvalue weighted by atomic mass is 32.1. The minimum Gasteiger partial charge on any atom is -0.370 e. The lowest BCUT2D eigenvalue weighted by Crippen LogP contribution is -2.32. The first kappa shape index (κ1) is 26.7. The normalized spacial score (nSPS) is 17.0. The molecule has 6 nitrogen and oxygen atoms in total. The second-order valence-corrected chi connectivity index (χ2v) is 11.4. The number of benzene rings is 2. The SMILES string of the molecule is O=C(Nc1cc(C(F)(F)F)ccc1N1CCCC1)c1csc(C2CCN(Cc3ccc4ccccc4n3)CC2)n1. The maximum absolute atomic E-state index is 13.4. The quantitative estimate of drug-likeness (QED) is 0.274. The van der Waals surface area contributed by atoms with Crippen molar-refractivity contribution < 1.29 is 18.0 Å². The number of carbonyl (C=O) groups excluding carboxylic acids is 1. The molecule has 2 aliphatic heterocycles. The van der Waals surface area contributed by atoms with E-state index in [1.165, 1.54) is 17.4 Å². The zero-order chi connectivity index (χ0) is 27.7. The van der Waals surface area contributed by atoms with Gasteiger partial charge in [-0.1, -0.05) is 24.3 Å². The number of nitrogens with one attached hydrogen (secondary N) is 1. The van der Waals surface area contributed by atoms with Gasteiger partial charge in [0.1, 0.15) is 5.69 Å². The van der Waals surface area contributed by atoms with Gasteiger partial charge in [-0.15, -0.1) is 11.3 Å². The van der Waals surface area contributed by atoms with Crippen LogP contribution in [-0.4, -0.2) is 47.0 Å². The highest BCUT2D eigenvalue weighted by Gasteiger charge is 2.32. The van der Waals surface area contributed by atoms with E-state index < -0.39 is 17.6 Å². The number of pyridine rings is 1. The maximum atomic E-state index is 13.4. The lowest BCUT2D eigenvalue weighted by atomic mass is 9.97. The summed E-state index contributed by atoms with van der Waals surface area (Å²) in [5.41, 5.74) is 2.30. The van der Waals surface area contributed by atoms with E-state index in [1.54, 1.807) is 5.38 Å². The summed E-state index contributed by atoms with van der Waals surface area (Å²) in [5.74, 6) is -0.233. The molecule has 10 heteroatoms. The molecular formula is C30H30F3N5OS. The Balaban J connectivity index is 1.10. The number of piperidine rings is 1. The number of nitrogens with zero attached hydrogens (tertiary/aromatic N) is 4. The fourth-order valence-corrected chi connectivity index (χ4v) is 6.55. The minimum absolute atomic E-state index is 0.173. The smallest absolute Gasteiger partial charge is 0.370 e. The van der Waals surface area contributed by atoms with Crippen LogP contribution >= 0.6 is 11.3 Å². The molecule has 0 unspecified atom stereocenters. The number of hydrogen-bond acceptors (Lipinski definition) is 6. The molecule has 1 N–H and O–H groups in total. The molecule has 2 fully saturated rings. The third kappa shape index (κ3) is 5.83. The summed E-state index contributed by atoms with van der Waals surface area (Å²) in [5, 5.41) is 6.47. The number of amides is 1. The largest absolute Gasteiger partial charge is 0.416 e. The van der Waals surface area contributed by atoms with E-state index in [0.717, 1.165) is 92.1 Å². The summed E-state index contributed by atoms with van der Waals surface area (Å²) in [4.78, 5) is 26.9. The first-order valence-corrected chi connectivity index (χ1v) is 14.5. The van der Waals surface area contributed by atoms with Gasteiger partial charge in [0.15, 0.2) is 0 Å². The first-order chi connectivity index (χ1) is 19.3. The van der Waals surface area contributed by atoms with E-state index in [2.05, 4.69) is 33.4 Å². The summed E-state index contributed by atoms with van der Waals surface area (Å²) in [7, 11) is 0. The lowest BCUT2D eigenvalue weighted by Gasteiger charge is -2.30. The Morgan fingerprint density at radius 1 is 0.975 bits per heavy atom. The predicted octanol–water partition coefficient (Wildman–Crippen LogP) is 6.94. The van der Waals surface area contributed by atoms with Crippen molar-refractivity contribution in [2.75, 3.05) is 36.4 Å². The van der Waals surface area contributed by atoms with Crippen LogP contribution in [0.2, 0.25) is 0 Å². The van der Waals surface area contributed by atoms with E-state index in [9.17, 15) is 18.0 Å². The van der Waals surface area contributed by atoms with E-state index in [4.69, 9.17) is 4.98 Å². The lowest BCUT2D eigenvalue weighted by molar-refractivity contribution is -0.137. The standard InChI is InChI=1S/C30H30F3N5OS/c31-30(32,33)22-8-10-27(38-13-3-4-14-38)25(17-22)35-28(39)26-19-40-29(36-26)21-11-15-37(16-12-21)18-23-9-7-20-5-1-2-6-24(20)34-23/h1-2,5-10,17,19,21H,3-4,11-16,18H2,(H,35,39). The number of aromatic nitrogens is 2. The van der Waals surface area contributed by atoms with Crippen LogP contribution in [0.5, 0.6) is 0 Å². The molecule has 6 rings (SSSR count). The second kappa shape index (κ2) is 11.2. The van der Waals surface area contributed by atoms with E-state index in [-0.39, 0.29) is 17.3 Å². The molecule has 0 aliphatic carbocycles. The van der Waals surface area contributed by atoms with E-state index in [1.807, 2.05) is 23.1 Å². The van der Waals surface area contributed by atoms with Gasteiger partial charge >= 0.3 is 6.18 Å². The molecule has 2 aromatic heterocycles. The number of anilines is 2. The predicted molar refractivity (Wildman–Crippen MR) is 152 cm³/mol. The van der Waals surface area contributed by atoms with E-state index >= 15 is 0 Å². The summed E-state index contributed by atoms with van der Waals surface area (Å²) in [6.07, 6.45) is -0.692. The Morgan fingerprint density at radius 3 is 2.52 bits per heavy atom. The molecule has 0 spiro atoms. The summed E-state index contributed by atoms with van der Waals surface area (Å²) < 4.78 is 40.2. The maximum Gasteiger partial charge on any atom is 0.416 e. The highest BCUT2D eigenvalue weighted by molar-refractivity contribution is 7.10. The molecule has 40 heavy (non-hydrogen) atoms. The molecule has 4 heterocycles. The molecule has 2 aliphatic rings. The highest BCUT2D eigenvalue weighted by Crippen LogP contribution is 2.37. The van der Waals surface area contributed by atoms with Gasteiger partial charge in [0.05, 0.1) is 33.2 Å². The van der Waals surface area contributed by atoms with Crippen molar-refractivity contribution in [1.82, 2.24) is 14.9 Å². The number of alkyl halides is 3. The molecule has 208 valence electrons. The fraction of sp³-hybridized carbons (Fsp3) is 0.367. The Labute approximate surface area is 234 Å². The zero-order valence-electron chi connectivity index (χ0n) is 22.0. The molecule has 2 saturated heterocycles. The molecule has 0 bridgehead atoms. The number of para-hydroxylation sites is 1. The van der Waals surface area contributed by atoms with Crippen LogP contribution in [-0.2, 0) is 12.7 Å². The Kier molecular flexibility index (Phi) is 7.46. The zero-order valence-corrected chi connectivity index (χ0v) is 22.8. The van der Waals surface area contributed by atoms with Crippen LogP contribution in [0.1, 0.15) is 58.4 Å². The number of likely N-dealkylation sites (tertiary alicyclic amines) is 1. The summed E-state index contributed by atoms with van der Waals surface area (Å²) >= 11 is 1.45. The number of hydrogen-bond donors (Lipinski definition) is 1. The fourth-order valence-electron chi connectivity index (χ4n) is 5.58. The van der Waals surface area contributed by atoms with Gasteiger partial charge in [-0.25, -0.2) is 4.98 Å². The van der Waals surface area contributed by atoms with Gasteiger partial charge < -0.3 is 10.2 Å². The van der Waals surface area contributed by atoms with Gasteiger partial charge in [0, 0.05) is 36.3 Å². The van der Waals surface area contributed by atoms with Crippen molar-refractivity contribution in [2.45, 2.75) is 44.3 Å². The molecule has 0 saturated carbocycles. The summed E-state index contributed by atoms with van der Waals surface area (Å²) in [6, 6.07) is 15.9. The molecule has 0 radical (unpaired) electrons. The minimum atomic E-state index is -4.49. The average molecular weight is 566 g/mol. The van der Waals surface area contributed by atoms with Crippen LogP contribution in [0, 0.1) is 0 Å². The van der Waals surface area contributed by atoms with Crippen molar-refractivity contribution in [2.24, 2.45) is 0 Å². The van der Waals surface area contributed by atoms with Crippen LogP contribution in [0.4, 0.5) is 24.5 Å². The van der Waals surface area contributed by atoms with Crippen LogP contribution in [0.25, 0.3) is 10.9 Å². The van der Waals surface area contributed by atoms with Crippen molar-refractivity contribution >= 4 is 39.5 Å². The van der Waals surface area contributed by atoms with Crippen LogP contribution in [0.3, 0.4) is 0 Å². The number of halogens is 3. The first-order valence-electron chi connectivity index (χ1n) is 13.6. The van der Waals surface area contributed by atoms with Gasteiger partial charge in [0.2, 0.25) is 0 Å². The molecular weight excluding hydrogens is 535 g/mol. The third-order valence-electron chi connectivity index (χ3n) is 7.75. The molecule has 2 aromatic carbocycles. The van der Waals surface area contributed by atoms with Crippen LogP contribution in [0.15, 0.2) is 60.0 Å². The van der Waals surface area contributed by atoms with E-state index in [0.29, 0.717) is 5.69 Å². The van der Waals surface area contributed by atoms with Crippen molar-refractivity contribution in [3.05, 3.63) is 81.9 Å². The van der Waals surface area contributed by atoms with Crippen molar-refractivity contribution in [3.8, 4) is 0 Å². The number of rotatable bonds is 6. The number of thiazole rings is 1. The third-order valence-corrected chi connectivity index (χ3v) is 8.76. The average Bonchev–Trinajstić information content (AvgIpc) is 3.66.